The molecule has 0 atom stereocenters. The van der Waals surface area contributed by atoms with Gasteiger partial charge in [0, 0.05) is 30.8 Å². The van der Waals surface area contributed by atoms with Crippen LogP contribution in [0.4, 0.5) is 5.95 Å². The van der Waals surface area contributed by atoms with Crippen LogP contribution in [-0.4, -0.2) is 21.5 Å². The van der Waals surface area contributed by atoms with Crippen LogP contribution >= 0.6 is 11.8 Å². The van der Waals surface area contributed by atoms with Crippen LogP contribution in [-0.2, 0) is 6.42 Å². The molecular weight excluding hydrogens is 320 g/mol. The second-order valence-corrected chi connectivity index (χ2v) is 6.04. The number of nitriles is 1. The van der Waals surface area contributed by atoms with Gasteiger partial charge >= 0.3 is 0 Å². The van der Waals surface area contributed by atoms with Crippen LogP contribution in [0.3, 0.4) is 0 Å². The largest absolute Gasteiger partial charge is 0.354 e. The molecule has 2 aromatic heterocycles. The number of rotatable bonds is 5. The molecule has 3 rings (SSSR count). The van der Waals surface area contributed by atoms with Gasteiger partial charge in [0.15, 0.2) is 0 Å². The highest BCUT2D eigenvalue weighted by molar-refractivity contribution is 8.06. The summed E-state index contributed by atoms with van der Waals surface area (Å²) in [7, 11) is 0. The lowest BCUT2D eigenvalue weighted by Crippen LogP contribution is -2.10. The summed E-state index contributed by atoms with van der Waals surface area (Å²) in [5.41, 5.74) is 3.29. The first kappa shape index (κ1) is 16.0. The Bertz CT molecular complexity index is 822. The van der Waals surface area contributed by atoms with E-state index in [1.165, 1.54) is 11.8 Å². The van der Waals surface area contributed by atoms with E-state index in [4.69, 9.17) is 0 Å². The molecule has 2 aromatic rings. The molecule has 0 radical (unpaired) electrons. The average Bonchev–Trinajstić information content (AvgIpc) is 3.03. The Balaban J connectivity index is 1.69. The lowest BCUT2D eigenvalue weighted by molar-refractivity contribution is 0.971. The van der Waals surface area contributed by atoms with Crippen molar-refractivity contribution in [2.75, 3.05) is 11.9 Å². The molecule has 0 saturated heterocycles. The Hall–Kier alpha value is -2.85. The monoisotopic (exact) mass is 336 g/mol. The fraction of sp³-hybridized carbons (Fsp3) is 0.176. The number of allylic oxidation sites excluding steroid dienone is 2. The molecule has 6 nitrogen and oxygen atoms in total. The first-order chi connectivity index (χ1) is 11.8. The maximum Gasteiger partial charge on any atom is 0.223 e. The van der Waals surface area contributed by atoms with E-state index in [0.29, 0.717) is 23.8 Å². The van der Waals surface area contributed by atoms with Crippen LogP contribution in [0.1, 0.15) is 18.2 Å². The molecule has 0 spiro atoms. The molecule has 0 aliphatic carbocycles. The third-order valence-electron chi connectivity index (χ3n) is 3.33. The van der Waals surface area contributed by atoms with E-state index in [1.807, 2.05) is 30.7 Å². The maximum atomic E-state index is 9.47. The van der Waals surface area contributed by atoms with Crippen molar-refractivity contribution < 1.29 is 0 Å². The summed E-state index contributed by atoms with van der Waals surface area (Å²) in [5.74, 6) is 0.511. The van der Waals surface area contributed by atoms with Gasteiger partial charge < -0.3 is 10.6 Å². The van der Waals surface area contributed by atoms with Gasteiger partial charge in [-0.05, 0) is 36.4 Å². The van der Waals surface area contributed by atoms with Crippen LogP contribution in [0.25, 0.3) is 5.57 Å². The zero-order chi connectivity index (χ0) is 16.8. The summed E-state index contributed by atoms with van der Waals surface area (Å²) < 4.78 is 0. The highest BCUT2D eigenvalue weighted by Crippen LogP contribution is 2.30. The van der Waals surface area contributed by atoms with Gasteiger partial charge in [-0.1, -0.05) is 17.8 Å². The smallest absolute Gasteiger partial charge is 0.223 e. The van der Waals surface area contributed by atoms with Gasteiger partial charge in [0.1, 0.15) is 11.6 Å². The van der Waals surface area contributed by atoms with Gasteiger partial charge in [-0.3, -0.25) is 4.98 Å². The van der Waals surface area contributed by atoms with E-state index in [9.17, 15) is 5.26 Å². The molecule has 24 heavy (non-hydrogen) atoms. The minimum atomic E-state index is 0.511. The summed E-state index contributed by atoms with van der Waals surface area (Å²) in [6.07, 6.45) is 6.09. The van der Waals surface area contributed by atoms with Crippen LogP contribution in [0, 0.1) is 11.3 Å². The molecular formula is C17H16N6S. The molecule has 1 aliphatic rings. The maximum absolute atomic E-state index is 9.47. The van der Waals surface area contributed by atoms with Crippen molar-refractivity contribution >= 4 is 23.3 Å². The first-order valence-electron chi connectivity index (χ1n) is 7.47. The van der Waals surface area contributed by atoms with Crippen LogP contribution in [0.15, 0.2) is 52.9 Å². The molecule has 120 valence electrons. The minimum Gasteiger partial charge on any atom is -0.354 e. The van der Waals surface area contributed by atoms with E-state index in [-0.39, 0.29) is 0 Å². The van der Waals surface area contributed by atoms with Gasteiger partial charge in [0.05, 0.1) is 10.7 Å². The number of hydrogen-bond acceptors (Lipinski definition) is 7. The van der Waals surface area contributed by atoms with Crippen molar-refractivity contribution in [2.24, 2.45) is 0 Å². The van der Waals surface area contributed by atoms with Crippen molar-refractivity contribution in [3.05, 3.63) is 64.2 Å². The van der Waals surface area contributed by atoms with Gasteiger partial charge in [0.2, 0.25) is 5.95 Å². The highest BCUT2D eigenvalue weighted by atomic mass is 32.2. The highest BCUT2D eigenvalue weighted by Gasteiger charge is 2.15. The quantitative estimate of drug-likeness (QED) is 0.812. The fourth-order valence-corrected chi connectivity index (χ4v) is 3.02. The predicted octanol–water partition coefficient (Wildman–Crippen LogP) is 2.92. The summed E-state index contributed by atoms with van der Waals surface area (Å²) in [6.45, 7) is 2.65. The number of aromatic nitrogens is 3. The van der Waals surface area contributed by atoms with Crippen molar-refractivity contribution in [3.63, 3.8) is 0 Å². The Morgan fingerprint density at radius 2 is 2.29 bits per heavy atom. The van der Waals surface area contributed by atoms with E-state index in [0.717, 1.165) is 22.7 Å². The number of nitrogens with zero attached hydrogens (tertiary/aromatic N) is 4. The van der Waals surface area contributed by atoms with Crippen molar-refractivity contribution in [1.29, 1.82) is 5.26 Å². The van der Waals surface area contributed by atoms with Crippen molar-refractivity contribution in [3.8, 4) is 6.07 Å². The Morgan fingerprint density at radius 1 is 1.38 bits per heavy atom. The summed E-state index contributed by atoms with van der Waals surface area (Å²) in [4.78, 5) is 12.8. The first-order valence-corrected chi connectivity index (χ1v) is 8.35. The van der Waals surface area contributed by atoms with Gasteiger partial charge in [-0.2, -0.15) is 5.26 Å². The molecule has 1 aliphatic heterocycles. The lowest BCUT2D eigenvalue weighted by Gasteiger charge is -2.08. The van der Waals surface area contributed by atoms with Gasteiger partial charge in [0.25, 0.3) is 0 Å². The van der Waals surface area contributed by atoms with Crippen LogP contribution in [0.2, 0.25) is 0 Å². The zero-order valence-corrected chi connectivity index (χ0v) is 14.0. The molecule has 3 heterocycles. The molecule has 0 aromatic carbocycles. The third-order valence-corrected chi connectivity index (χ3v) is 4.35. The molecule has 0 bridgehead atoms. The fourth-order valence-electron chi connectivity index (χ4n) is 2.18. The number of nitrogens with one attached hydrogen (secondary N) is 2. The Morgan fingerprint density at radius 3 is 3.00 bits per heavy atom. The summed E-state index contributed by atoms with van der Waals surface area (Å²) in [6, 6.07) is 7.92. The molecule has 0 unspecified atom stereocenters. The van der Waals surface area contributed by atoms with E-state index in [2.05, 4.69) is 31.7 Å². The van der Waals surface area contributed by atoms with Crippen molar-refractivity contribution in [1.82, 2.24) is 20.3 Å². The number of thioether (sulfide) groups is 1. The second-order valence-electron chi connectivity index (χ2n) is 5.16. The normalized spacial score (nSPS) is 15.2. The van der Waals surface area contributed by atoms with Crippen LogP contribution < -0.4 is 10.6 Å². The molecule has 0 fully saturated rings. The van der Waals surface area contributed by atoms with E-state index >= 15 is 0 Å². The van der Waals surface area contributed by atoms with Gasteiger partial charge in [-0.25, -0.2) is 9.97 Å². The average molecular weight is 336 g/mol. The van der Waals surface area contributed by atoms with Gasteiger partial charge in [-0.15, -0.1) is 0 Å². The number of pyridine rings is 1. The summed E-state index contributed by atoms with van der Waals surface area (Å²) >= 11 is 1.50. The van der Waals surface area contributed by atoms with Crippen molar-refractivity contribution in [2.45, 2.75) is 13.3 Å². The molecule has 0 saturated carbocycles. The topological polar surface area (TPSA) is 86.5 Å². The number of anilines is 1. The standard InChI is InChI=1S/C17H16N6S/c1-12-11-24-16(22-12)14(9-18)15-5-8-21-17(23-15)20-7-4-13-3-2-6-19-10-13/h2-3,5-6,8,10-11,22H,4,7H2,1H3,(H,20,21,23). The Kier molecular flexibility index (Phi) is 5.08. The van der Waals surface area contributed by atoms with E-state index in [1.54, 1.807) is 18.5 Å². The Labute approximate surface area is 144 Å². The lowest BCUT2D eigenvalue weighted by atomic mass is 10.2. The molecule has 2 N–H and O–H groups in total. The molecule has 0 amide bonds. The minimum absolute atomic E-state index is 0.511. The SMILES string of the molecule is CC1=CSC(=C(C#N)c2ccnc(NCCc3cccnc3)n2)N1. The molecule has 7 heteroatoms. The van der Waals surface area contributed by atoms with E-state index < -0.39 is 0 Å². The predicted molar refractivity (Wildman–Crippen MR) is 95.5 cm³/mol. The zero-order valence-electron chi connectivity index (χ0n) is 13.2. The second kappa shape index (κ2) is 7.62. The van der Waals surface area contributed by atoms with Crippen LogP contribution in [0.5, 0.6) is 0 Å². The number of hydrogen-bond donors (Lipinski definition) is 2. The third kappa shape index (κ3) is 3.91. The summed E-state index contributed by atoms with van der Waals surface area (Å²) in [5, 5.41) is 18.6.